The Labute approximate surface area is 181 Å². The van der Waals surface area contributed by atoms with E-state index in [1.54, 1.807) is 0 Å². The van der Waals surface area contributed by atoms with Crippen LogP contribution in [0.15, 0.2) is 47.0 Å². The van der Waals surface area contributed by atoms with Crippen LogP contribution in [-0.4, -0.2) is 55.3 Å². The summed E-state index contributed by atoms with van der Waals surface area (Å²) in [6.45, 7) is 9.33. The van der Waals surface area contributed by atoms with Gasteiger partial charge in [-0.2, -0.15) is 0 Å². The van der Waals surface area contributed by atoms with Crippen molar-refractivity contribution in [2.45, 2.75) is 25.7 Å². The van der Waals surface area contributed by atoms with E-state index in [0.29, 0.717) is 13.0 Å². The zero-order valence-electron chi connectivity index (χ0n) is 18.1. The van der Waals surface area contributed by atoms with Crippen LogP contribution in [-0.2, 0) is 10.2 Å². The first kappa shape index (κ1) is 19.9. The average Bonchev–Trinajstić information content (AvgIpc) is 3.18. The fourth-order valence-electron chi connectivity index (χ4n) is 4.59. The van der Waals surface area contributed by atoms with Crippen molar-refractivity contribution in [1.29, 1.82) is 0 Å². The number of para-hydroxylation sites is 2. The number of benzene rings is 2. The molecule has 1 amide bonds. The van der Waals surface area contributed by atoms with Crippen LogP contribution in [0.5, 0.6) is 5.75 Å². The van der Waals surface area contributed by atoms with E-state index in [1.807, 2.05) is 30.3 Å². The number of fused-ring (bicyclic) bond motifs is 2. The van der Waals surface area contributed by atoms with Gasteiger partial charge in [-0.3, -0.25) is 9.69 Å². The van der Waals surface area contributed by atoms with Crippen molar-refractivity contribution in [3.05, 3.63) is 48.0 Å². The molecule has 7 heteroatoms. The van der Waals surface area contributed by atoms with Crippen molar-refractivity contribution in [2.24, 2.45) is 0 Å². The largest absolute Gasteiger partial charge is 0.490 e. The number of hydrogen-bond donors (Lipinski definition) is 1. The van der Waals surface area contributed by atoms with Crippen LogP contribution in [0.4, 0.5) is 11.5 Å². The lowest BCUT2D eigenvalue weighted by Gasteiger charge is -2.35. The Kier molecular flexibility index (Phi) is 5.06. The molecule has 7 nitrogen and oxygen atoms in total. The van der Waals surface area contributed by atoms with Gasteiger partial charge in [0.05, 0.1) is 11.1 Å². The molecule has 0 radical (unpaired) electrons. The first-order chi connectivity index (χ1) is 15.0. The highest BCUT2D eigenvalue weighted by Crippen LogP contribution is 2.41. The van der Waals surface area contributed by atoms with Crippen LogP contribution >= 0.6 is 0 Å². The number of carbonyl (C=O) groups is 1. The first-order valence-electron chi connectivity index (χ1n) is 10.9. The van der Waals surface area contributed by atoms with E-state index >= 15 is 0 Å². The van der Waals surface area contributed by atoms with Gasteiger partial charge in [0.1, 0.15) is 12.4 Å². The van der Waals surface area contributed by atoms with Crippen molar-refractivity contribution >= 4 is 28.4 Å². The number of rotatable bonds is 5. The van der Waals surface area contributed by atoms with Crippen LogP contribution in [0.25, 0.3) is 11.0 Å². The summed E-state index contributed by atoms with van der Waals surface area (Å²) < 4.78 is 11.6. The van der Waals surface area contributed by atoms with Gasteiger partial charge in [-0.05, 0) is 23.8 Å². The number of hydrogen-bond acceptors (Lipinski definition) is 6. The zero-order chi connectivity index (χ0) is 21.4. The van der Waals surface area contributed by atoms with Gasteiger partial charge in [0.2, 0.25) is 5.91 Å². The maximum atomic E-state index is 12.1. The monoisotopic (exact) mass is 420 g/mol. The second-order valence-corrected chi connectivity index (χ2v) is 8.97. The predicted molar refractivity (Wildman–Crippen MR) is 121 cm³/mol. The van der Waals surface area contributed by atoms with Crippen molar-refractivity contribution in [1.82, 2.24) is 10.1 Å². The van der Waals surface area contributed by atoms with E-state index in [-0.39, 0.29) is 11.3 Å². The molecule has 1 N–H and O–H groups in total. The molecular weight excluding hydrogens is 392 g/mol. The summed E-state index contributed by atoms with van der Waals surface area (Å²) >= 11 is 0. The smallest absolute Gasteiger partial charge is 0.225 e. The average molecular weight is 421 g/mol. The quantitative estimate of drug-likeness (QED) is 0.679. The van der Waals surface area contributed by atoms with E-state index in [0.717, 1.165) is 66.5 Å². The highest BCUT2D eigenvalue weighted by molar-refractivity contribution is 5.97. The lowest BCUT2D eigenvalue weighted by atomic mass is 9.78. The molecule has 1 fully saturated rings. The molecule has 3 aromatic rings. The fourth-order valence-corrected chi connectivity index (χ4v) is 4.59. The topological polar surface area (TPSA) is 70.8 Å². The predicted octanol–water partition coefficient (Wildman–Crippen LogP) is 3.65. The molecule has 1 aromatic heterocycles. The Morgan fingerprint density at radius 1 is 1.10 bits per heavy atom. The number of nitrogens with one attached hydrogen (secondary N) is 1. The lowest BCUT2D eigenvalue weighted by Crippen LogP contribution is -2.47. The van der Waals surface area contributed by atoms with Crippen LogP contribution in [0, 0.1) is 0 Å². The molecule has 0 spiro atoms. The molecule has 0 saturated carbocycles. The third kappa shape index (κ3) is 3.85. The molecule has 0 atom stereocenters. The van der Waals surface area contributed by atoms with Crippen LogP contribution in [0.3, 0.4) is 0 Å². The number of carbonyl (C=O) groups excluding carboxylic acids is 1. The summed E-state index contributed by atoms with van der Waals surface area (Å²) in [5.74, 6) is 1.73. The number of amides is 1. The number of anilines is 2. The lowest BCUT2D eigenvalue weighted by molar-refractivity contribution is -0.117. The summed E-state index contributed by atoms with van der Waals surface area (Å²) in [4.78, 5) is 16.8. The van der Waals surface area contributed by atoms with Gasteiger partial charge in [-0.25, -0.2) is 0 Å². The minimum atomic E-state index is -0.182. The van der Waals surface area contributed by atoms with Gasteiger partial charge in [0.15, 0.2) is 11.4 Å². The van der Waals surface area contributed by atoms with E-state index in [4.69, 9.17) is 9.26 Å². The molecule has 2 aliphatic heterocycles. The van der Waals surface area contributed by atoms with Gasteiger partial charge in [0, 0.05) is 44.6 Å². The second-order valence-electron chi connectivity index (χ2n) is 8.97. The number of aromatic nitrogens is 1. The van der Waals surface area contributed by atoms with Crippen molar-refractivity contribution in [3.8, 4) is 5.75 Å². The maximum Gasteiger partial charge on any atom is 0.225 e. The number of nitrogens with zero attached hydrogens (tertiary/aromatic N) is 3. The van der Waals surface area contributed by atoms with Crippen LogP contribution in [0.2, 0.25) is 0 Å². The van der Waals surface area contributed by atoms with Gasteiger partial charge in [0.25, 0.3) is 0 Å². The number of ether oxygens (including phenoxy) is 1. The van der Waals surface area contributed by atoms with E-state index in [9.17, 15) is 4.79 Å². The van der Waals surface area contributed by atoms with Crippen molar-refractivity contribution in [2.75, 3.05) is 49.5 Å². The van der Waals surface area contributed by atoms with Crippen LogP contribution in [0.1, 0.15) is 25.8 Å². The highest BCUT2D eigenvalue weighted by Gasteiger charge is 2.33. The fraction of sp³-hybridized carbons (Fsp3) is 0.417. The van der Waals surface area contributed by atoms with Gasteiger partial charge >= 0.3 is 0 Å². The Morgan fingerprint density at radius 2 is 1.90 bits per heavy atom. The summed E-state index contributed by atoms with van der Waals surface area (Å²) in [6.07, 6.45) is 0.495. The van der Waals surface area contributed by atoms with Crippen molar-refractivity contribution in [3.63, 3.8) is 0 Å². The molecule has 2 aromatic carbocycles. The van der Waals surface area contributed by atoms with Gasteiger partial charge in [-0.15, -0.1) is 0 Å². The third-order valence-electron chi connectivity index (χ3n) is 6.32. The summed E-state index contributed by atoms with van der Waals surface area (Å²) in [5.41, 5.74) is 2.61. The summed E-state index contributed by atoms with van der Waals surface area (Å²) in [5, 5.41) is 8.35. The third-order valence-corrected chi connectivity index (χ3v) is 6.32. The Balaban J connectivity index is 1.17. The summed E-state index contributed by atoms with van der Waals surface area (Å²) in [7, 11) is 0. The van der Waals surface area contributed by atoms with Crippen LogP contribution < -0.4 is 15.0 Å². The normalized spacial score (nSPS) is 18.6. The first-order valence-corrected chi connectivity index (χ1v) is 10.9. The highest BCUT2D eigenvalue weighted by atomic mass is 16.5. The van der Waals surface area contributed by atoms with Gasteiger partial charge < -0.3 is 19.5 Å². The Morgan fingerprint density at radius 3 is 2.74 bits per heavy atom. The molecule has 1 saturated heterocycles. The molecule has 3 heterocycles. The second kappa shape index (κ2) is 7.89. The molecule has 0 unspecified atom stereocenters. The zero-order valence-corrected chi connectivity index (χ0v) is 18.1. The standard InChI is InChI=1S/C24H28N4O3/c1-24(2)16-21(29)25-22-18(24)7-5-9-20(22)30-15-14-27-10-12-28(13-11-27)23-17-6-3-4-8-19(17)31-26-23/h3-9H,10-16H2,1-2H3,(H,25,29). The van der Waals surface area contributed by atoms with Gasteiger partial charge in [-0.1, -0.05) is 43.3 Å². The molecule has 0 bridgehead atoms. The Hall–Kier alpha value is -3.06. The van der Waals surface area contributed by atoms with E-state index in [1.165, 1.54) is 0 Å². The molecule has 31 heavy (non-hydrogen) atoms. The van der Waals surface area contributed by atoms with Crippen molar-refractivity contribution < 1.29 is 14.1 Å². The minimum absolute atomic E-state index is 0.0463. The summed E-state index contributed by atoms with van der Waals surface area (Å²) in [6, 6.07) is 14.0. The molecule has 2 aliphatic rings. The molecular formula is C24H28N4O3. The maximum absolute atomic E-state index is 12.1. The Bertz CT molecular complexity index is 1100. The molecule has 0 aliphatic carbocycles. The molecule has 5 rings (SSSR count). The van der Waals surface area contributed by atoms with E-state index in [2.05, 4.69) is 46.3 Å². The molecule has 162 valence electrons. The van der Waals surface area contributed by atoms with E-state index < -0.39 is 0 Å². The SMILES string of the molecule is CC1(C)CC(=O)Nc2c(OCCN3CCN(c4noc5ccccc45)CC3)cccc21. The number of piperazine rings is 1. The minimum Gasteiger partial charge on any atom is -0.490 e.